The van der Waals surface area contributed by atoms with Crippen LogP contribution in [0.25, 0.3) is 0 Å². The third kappa shape index (κ3) is 2.98. The molecule has 1 amide bonds. The third-order valence-corrected chi connectivity index (χ3v) is 3.19. The van der Waals surface area contributed by atoms with Gasteiger partial charge in [-0.3, -0.25) is 4.79 Å². The van der Waals surface area contributed by atoms with E-state index < -0.39 is 0 Å². The summed E-state index contributed by atoms with van der Waals surface area (Å²) in [5, 5.41) is 2.81. The molecule has 5 nitrogen and oxygen atoms in total. The van der Waals surface area contributed by atoms with Crippen LogP contribution in [0.3, 0.4) is 0 Å². The first-order chi connectivity index (χ1) is 8.63. The Morgan fingerprint density at radius 2 is 2.39 bits per heavy atom. The van der Waals surface area contributed by atoms with Gasteiger partial charge >= 0.3 is 0 Å². The maximum atomic E-state index is 11.9. The number of carbonyl (C=O) groups excluding carboxylic acids is 1. The SMILES string of the molecule is CCOc1ncccc1NC(=O)CC1(N)CCC1. The fourth-order valence-electron chi connectivity index (χ4n) is 2.06. The van der Waals surface area contributed by atoms with E-state index in [9.17, 15) is 4.79 Å². The zero-order valence-electron chi connectivity index (χ0n) is 10.6. The second-order valence-electron chi connectivity index (χ2n) is 4.73. The number of hydrogen-bond donors (Lipinski definition) is 2. The van der Waals surface area contributed by atoms with Crippen LogP contribution in [0.1, 0.15) is 32.6 Å². The Kier molecular flexibility index (Phi) is 3.81. The Balaban J connectivity index is 1.97. The minimum absolute atomic E-state index is 0.0776. The fraction of sp³-hybridized carbons (Fsp3) is 0.538. The number of rotatable bonds is 5. The largest absolute Gasteiger partial charge is 0.476 e. The number of nitrogens with zero attached hydrogens (tertiary/aromatic N) is 1. The van der Waals surface area contributed by atoms with E-state index in [1.54, 1.807) is 18.3 Å². The molecule has 2 rings (SSSR count). The van der Waals surface area contributed by atoms with Gasteiger partial charge in [0.25, 0.3) is 0 Å². The predicted octanol–water partition coefficient (Wildman–Crippen LogP) is 1.69. The highest BCUT2D eigenvalue weighted by atomic mass is 16.5. The first-order valence-electron chi connectivity index (χ1n) is 6.29. The normalized spacial score (nSPS) is 16.8. The first kappa shape index (κ1) is 12.8. The first-order valence-corrected chi connectivity index (χ1v) is 6.29. The van der Waals surface area contributed by atoms with Crippen LogP contribution in [0.15, 0.2) is 18.3 Å². The summed E-state index contributed by atoms with van der Waals surface area (Å²) in [6, 6.07) is 3.54. The van der Waals surface area contributed by atoms with Crippen molar-refractivity contribution in [3.05, 3.63) is 18.3 Å². The van der Waals surface area contributed by atoms with Crippen molar-refractivity contribution >= 4 is 11.6 Å². The summed E-state index contributed by atoms with van der Waals surface area (Å²) < 4.78 is 5.35. The highest BCUT2D eigenvalue weighted by Gasteiger charge is 2.34. The highest BCUT2D eigenvalue weighted by molar-refractivity contribution is 5.92. The molecule has 1 aromatic heterocycles. The number of pyridine rings is 1. The quantitative estimate of drug-likeness (QED) is 0.832. The van der Waals surface area contributed by atoms with E-state index in [-0.39, 0.29) is 11.4 Å². The summed E-state index contributed by atoms with van der Waals surface area (Å²) in [6.07, 6.45) is 4.95. The molecule has 0 radical (unpaired) electrons. The molecular weight excluding hydrogens is 230 g/mol. The van der Waals surface area contributed by atoms with Gasteiger partial charge in [0.15, 0.2) is 0 Å². The van der Waals surface area contributed by atoms with Crippen molar-refractivity contribution in [1.29, 1.82) is 0 Å². The van der Waals surface area contributed by atoms with Gasteiger partial charge in [-0.25, -0.2) is 4.98 Å². The molecule has 0 unspecified atom stereocenters. The zero-order valence-corrected chi connectivity index (χ0v) is 10.6. The fourth-order valence-corrected chi connectivity index (χ4v) is 2.06. The van der Waals surface area contributed by atoms with Gasteiger partial charge in [-0.15, -0.1) is 0 Å². The summed E-state index contributed by atoms with van der Waals surface area (Å²) in [4.78, 5) is 16.0. The average molecular weight is 249 g/mol. The van der Waals surface area contributed by atoms with Gasteiger partial charge in [-0.1, -0.05) is 0 Å². The lowest BCUT2D eigenvalue weighted by atomic mass is 9.75. The third-order valence-electron chi connectivity index (χ3n) is 3.19. The minimum atomic E-state index is -0.307. The van der Waals surface area contributed by atoms with Crippen LogP contribution in [0, 0.1) is 0 Å². The topological polar surface area (TPSA) is 77.2 Å². The highest BCUT2D eigenvalue weighted by Crippen LogP contribution is 2.32. The number of aromatic nitrogens is 1. The molecule has 0 atom stereocenters. The number of carbonyl (C=O) groups is 1. The van der Waals surface area contributed by atoms with Crippen molar-refractivity contribution in [1.82, 2.24) is 4.98 Å². The molecule has 0 saturated heterocycles. The Morgan fingerprint density at radius 3 is 3.00 bits per heavy atom. The summed E-state index contributed by atoms with van der Waals surface area (Å²) in [7, 11) is 0. The number of amides is 1. The van der Waals surface area contributed by atoms with Crippen LogP contribution >= 0.6 is 0 Å². The van der Waals surface area contributed by atoms with E-state index in [1.807, 2.05) is 6.92 Å². The number of anilines is 1. The lowest BCUT2D eigenvalue weighted by molar-refractivity contribution is -0.118. The molecule has 18 heavy (non-hydrogen) atoms. The van der Waals surface area contributed by atoms with Crippen LogP contribution in [0.5, 0.6) is 5.88 Å². The maximum Gasteiger partial charge on any atom is 0.237 e. The Morgan fingerprint density at radius 1 is 1.61 bits per heavy atom. The van der Waals surface area contributed by atoms with Crippen LogP contribution in [0.2, 0.25) is 0 Å². The van der Waals surface area contributed by atoms with Crippen molar-refractivity contribution in [3.63, 3.8) is 0 Å². The van der Waals surface area contributed by atoms with Gasteiger partial charge in [0.05, 0.1) is 6.61 Å². The Labute approximate surface area is 107 Å². The monoisotopic (exact) mass is 249 g/mol. The smallest absolute Gasteiger partial charge is 0.237 e. The molecule has 0 bridgehead atoms. The van der Waals surface area contributed by atoms with Crippen molar-refractivity contribution in [3.8, 4) is 5.88 Å². The van der Waals surface area contributed by atoms with Crippen LogP contribution in [0.4, 0.5) is 5.69 Å². The van der Waals surface area contributed by atoms with Crippen molar-refractivity contribution in [2.45, 2.75) is 38.1 Å². The van der Waals surface area contributed by atoms with E-state index in [1.165, 1.54) is 0 Å². The van der Waals surface area contributed by atoms with Gasteiger partial charge in [-0.05, 0) is 38.3 Å². The van der Waals surface area contributed by atoms with Crippen LogP contribution in [-0.2, 0) is 4.79 Å². The second-order valence-corrected chi connectivity index (χ2v) is 4.73. The van der Waals surface area contributed by atoms with E-state index in [4.69, 9.17) is 10.5 Å². The Hall–Kier alpha value is -1.62. The molecule has 1 aliphatic carbocycles. The molecule has 1 heterocycles. The molecule has 0 aromatic carbocycles. The van der Waals surface area contributed by atoms with E-state index in [0.717, 1.165) is 19.3 Å². The standard InChI is InChI=1S/C13H19N3O2/c1-2-18-12-10(5-3-8-15-12)16-11(17)9-13(14)6-4-7-13/h3,5,8H,2,4,6-7,9,14H2,1H3,(H,16,17). The van der Waals surface area contributed by atoms with Gasteiger partial charge < -0.3 is 15.8 Å². The van der Waals surface area contributed by atoms with Gasteiger partial charge in [0.1, 0.15) is 5.69 Å². The summed E-state index contributed by atoms with van der Waals surface area (Å²) in [5.41, 5.74) is 6.34. The van der Waals surface area contributed by atoms with Gasteiger partial charge in [0, 0.05) is 18.2 Å². The predicted molar refractivity (Wildman–Crippen MR) is 69.4 cm³/mol. The molecule has 1 aliphatic rings. The molecular formula is C13H19N3O2. The van der Waals surface area contributed by atoms with Crippen molar-refractivity contribution in [2.75, 3.05) is 11.9 Å². The number of nitrogens with one attached hydrogen (secondary N) is 1. The molecule has 1 aromatic rings. The number of ether oxygens (including phenoxy) is 1. The summed E-state index contributed by atoms with van der Waals surface area (Å²) in [5.74, 6) is 0.374. The van der Waals surface area contributed by atoms with E-state index in [0.29, 0.717) is 24.6 Å². The molecule has 3 N–H and O–H groups in total. The maximum absolute atomic E-state index is 11.9. The molecule has 0 spiro atoms. The van der Waals surface area contributed by atoms with Gasteiger partial charge in [-0.2, -0.15) is 0 Å². The zero-order chi connectivity index (χ0) is 13.0. The van der Waals surface area contributed by atoms with Crippen LogP contribution in [-0.4, -0.2) is 23.0 Å². The molecule has 98 valence electrons. The molecule has 5 heteroatoms. The summed E-state index contributed by atoms with van der Waals surface area (Å²) in [6.45, 7) is 2.39. The molecule has 0 aliphatic heterocycles. The summed E-state index contributed by atoms with van der Waals surface area (Å²) >= 11 is 0. The minimum Gasteiger partial charge on any atom is -0.476 e. The van der Waals surface area contributed by atoms with Crippen molar-refractivity contribution < 1.29 is 9.53 Å². The van der Waals surface area contributed by atoms with E-state index >= 15 is 0 Å². The molecule has 1 saturated carbocycles. The number of hydrogen-bond acceptors (Lipinski definition) is 4. The number of nitrogens with two attached hydrogens (primary N) is 1. The Bertz CT molecular complexity index is 430. The van der Waals surface area contributed by atoms with E-state index in [2.05, 4.69) is 10.3 Å². The van der Waals surface area contributed by atoms with Crippen LogP contribution < -0.4 is 15.8 Å². The van der Waals surface area contributed by atoms with Gasteiger partial charge in [0.2, 0.25) is 11.8 Å². The molecule has 1 fully saturated rings. The van der Waals surface area contributed by atoms with Crippen molar-refractivity contribution in [2.24, 2.45) is 5.73 Å². The lowest BCUT2D eigenvalue weighted by Crippen LogP contribution is -2.48. The lowest BCUT2D eigenvalue weighted by Gasteiger charge is -2.37. The second kappa shape index (κ2) is 5.35. The average Bonchev–Trinajstić information content (AvgIpc) is 2.30.